The van der Waals surface area contributed by atoms with Crippen molar-refractivity contribution >= 4 is 0 Å². The standard InChI is InChI=1S/C14H29N3/c1-4-5-7-10-13(16-15)14(17(2)3)11-8-6-9-12-14/h4,13,16H,1,5-12,15H2,2-3H3. The second kappa shape index (κ2) is 7.14. The number of hydrogen-bond acceptors (Lipinski definition) is 3. The summed E-state index contributed by atoms with van der Waals surface area (Å²) in [5.74, 6) is 5.81. The predicted octanol–water partition coefficient (Wildman–Crippen LogP) is 2.44. The zero-order valence-corrected chi connectivity index (χ0v) is 11.5. The van der Waals surface area contributed by atoms with Gasteiger partial charge in [0.1, 0.15) is 0 Å². The smallest absolute Gasteiger partial charge is 0.0394 e. The Morgan fingerprint density at radius 3 is 2.47 bits per heavy atom. The molecule has 100 valence electrons. The summed E-state index contributed by atoms with van der Waals surface area (Å²) in [6.45, 7) is 3.79. The van der Waals surface area contributed by atoms with E-state index < -0.39 is 0 Å². The number of rotatable bonds is 7. The number of nitrogens with one attached hydrogen (secondary N) is 1. The summed E-state index contributed by atoms with van der Waals surface area (Å²) in [4.78, 5) is 2.39. The van der Waals surface area contributed by atoms with Crippen LogP contribution in [0.25, 0.3) is 0 Å². The molecule has 0 spiro atoms. The summed E-state index contributed by atoms with van der Waals surface area (Å²) in [6.07, 6.45) is 12.0. The van der Waals surface area contributed by atoms with Gasteiger partial charge in [-0.15, -0.1) is 6.58 Å². The minimum atomic E-state index is 0.258. The van der Waals surface area contributed by atoms with Gasteiger partial charge in [-0.1, -0.05) is 25.3 Å². The van der Waals surface area contributed by atoms with Crippen LogP contribution in [0.4, 0.5) is 0 Å². The van der Waals surface area contributed by atoms with Crippen molar-refractivity contribution in [3.05, 3.63) is 12.7 Å². The second-order valence-electron chi connectivity index (χ2n) is 5.50. The molecule has 1 atom stereocenters. The van der Waals surface area contributed by atoms with Gasteiger partial charge in [-0.05, 0) is 46.2 Å². The third kappa shape index (κ3) is 3.54. The Morgan fingerprint density at radius 1 is 1.35 bits per heavy atom. The zero-order valence-electron chi connectivity index (χ0n) is 11.5. The van der Waals surface area contributed by atoms with E-state index in [4.69, 9.17) is 5.84 Å². The lowest BCUT2D eigenvalue weighted by Gasteiger charge is -2.48. The highest BCUT2D eigenvalue weighted by atomic mass is 15.3. The molecule has 0 radical (unpaired) electrons. The van der Waals surface area contributed by atoms with E-state index in [0.29, 0.717) is 6.04 Å². The van der Waals surface area contributed by atoms with Gasteiger partial charge in [0.15, 0.2) is 0 Å². The van der Waals surface area contributed by atoms with Crippen LogP contribution in [0.15, 0.2) is 12.7 Å². The van der Waals surface area contributed by atoms with Crippen LogP contribution >= 0.6 is 0 Å². The van der Waals surface area contributed by atoms with E-state index in [0.717, 1.165) is 12.8 Å². The number of hydrazine groups is 1. The van der Waals surface area contributed by atoms with E-state index in [1.165, 1.54) is 38.5 Å². The van der Waals surface area contributed by atoms with Crippen LogP contribution in [-0.4, -0.2) is 30.6 Å². The summed E-state index contributed by atoms with van der Waals surface area (Å²) in [7, 11) is 4.40. The van der Waals surface area contributed by atoms with Crippen molar-refractivity contribution in [3.63, 3.8) is 0 Å². The normalized spacial score (nSPS) is 21.4. The lowest BCUT2D eigenvalue weighted by Crippen LogP contribution is -2.61. The average molecular weight is 239 g/mol. The van der Waals surface area contributed by atoms with E-state index in [2.05, 4.69) is 31.0 Å². The number of nitrogens with zero attached hydrogens (tertiary/aromatic N) is 1. The molecule has 17 heavy (non-hydrogen) atoms. The first-order valence-corrected chi connectivity index (χ1v) is 6.92. The van der Waals surface area contributed by atoms with Crippen molar-refractivity contribution in [2.75, 3.05) is 14.1 Å². The average Bonchev–Trinajstić information content (AvgIpc) is 2.35. The van der Waals surface area contributed by atoms with Gasteiger partial charge in [-0.25, -0.2) is 0 Å². The maximum absolute atomic E-state index is 5.81. The van der Waals surface area contributed by atoms with Gasteiger partial charge in [0, 0.05) is 11.6 Å². The highest BCUT2D eigenvalue weighted by Crippen LogP contribution is 2.36. The highest BCUT2D eigenvalue weighted by Gasteiger charge is 2.40. The summed E-state index contributed by atoms with van der Waals surface area (Å²) in [5, 5.41) is 0. The van der Waals surface area contributed by atoms with Gasteiger partial charge in [0.25, 0.3) is 0 Å². The van der Waals surface area contributed by atoms with Crippen molar-refractivity contribution < 1.29 is 0 Å². The minimum absolute atomic E-state index is 0.258. The third-order valence-corrected chi connectivity index (χ3v) is 4.36. The zero-order chi connectivity index (χ0) is 12.7. The van der Waals surface area contributed by atoms with Crippen LogP contribution in [0.3, 0.4) is 0 Å². The number of nitrogens with two attached hydrogens (primary N) is 1. The molecule has 1 aliphatic carbocycles. The highest BCUT2D eigenvalue weighted by molar-refractivity contribution is 4.99. The van der Waals surface area contributed by atoms with Gasteiger partial charge in [0.05, 0.1) is 0 Å². The van der Waals surface area contributed by atoms with Crippen molar-refractivity contribution in [1.82, 2.24) is 10.3 Å². The van der Waals surface area contributed by atoms with Crippen LogP contribution in [0.2, 0.25) is 0 Å². The number of likely N-dealkylation sites (N-methyl/N-ethyl adjacent to an activating group) is 1. The molecule has 1 rings (SSSR count). The maximum atomic E-state index is 5.81. The lowest BCUT2D eigenvalue weighted by molar-refractivity contribution is 0.0528. The summed E-state index contributed by atoms with van der Waals surface area (Å²) >= 11 is 0. The van der Waals surface area contributed by atoms with Gasteiger partial charge >= 0.3 is 0 Å². The van der Waals surface area contributed by atoms with Crippen molar-refractivity contribution in [2.45, 2.75) is 62.9 Å². The molecule has 1 saturated carbocycles. The van der Waals surface area contributed by atoms with Crippen LogP contribution in [0, 0.1) is 0 Å². The molecule has 0 aromatic rings. The molecule has 0 aromatic heterocycles. The van der Waals surface area contributed by atoms with Gasteiger partial charge in [0.2, 0.25) is 0 Å². The number of unbranched alkanes of at least 4 members (excludes halogenated alkanes) is 1. The molecule has 0 amide bonds. The molecular weight excluding hydrogens is 210 g/mol. The number of allylic oxidation sites excluding steroid dienone is 1. The van der Waals surface area contributed by atoms with Crippen molar-refractivity contribution in [1.29, 1.82) is 0 Å². The van der Waals surface area contributed by atoms with E-state index in [9.17, 15) is 0 Å². The Hall–Kier alpha value is -0.380. The minimum Gasteiger partial charge on any atom is -0.302 e. The van der Waals surface area contributed by atoms with Gasteiger partial charge in [-0.2, -0.15) is 0 Å². The Kier molecular flexibility index (Phi) is 6.17. The largest absolute Gasteiger partial charge is 0.302 e. The molecule has 1 unspecified atom stereocenters. The summed E-state index contributed by atoms with van der Waals surface area (Å²) in [5.41, 5.74) is 3.33. The van der Waals surface area contributed by atoms with E-state index in [1.807, 2.05) is 6.08 Å². The molecule has 3 nitrogen and oxygen atoms in total. The Bertz CT molecular complexity index is 220. The maximum Gasteiger partial charge on any atom is 0.0394 e. The first-order valence-electron chi connectivity index (χ1n) is 6.92. The van der Waals surface area contributed by atoms with Crippen molar-refractivity contribution in [2.24, 2.45) is 5.84 Å². The summed E-state index contributed by atoms with van der Waals surface area (Å²) < 4.78 is 0. The molecule has 0 aliphatic heterocycles. The molecular formula is C14H29N3. The SMILES string of the molecule is C=CCCCC(NN)C1(N(C)C)CCCCC1. The van der Waals surface area contributed by atoms with E-state index in [1.54, 1.807) is 0 Å². The van der Waals surface area contributed by atoms with Gasteiger partial charge < -0.3 is 4.90 Å². The molecule has 1 aliphatic rings. The Labute approximate surface area is 106 Å². The fourth-order valence-electron chi connectivity index (χ4n) is 3.24. The topological polar surface area (TPSA) is 41.3 Å². The third-order valence-electron chi connectivity index (χ3n) is 4.36. The number of hydrogen-bond donors (Lipinski definition) is 2. The van der Waals surface area contributed by atoms with Crippen LogP contribution < -0.4 is 11.3 Å². The Balaban J connectivity index is 2.67. The predicted molar refractivity (Wildman–Crippen MR) is 74.7 cm³/mol. The fourth-order valence-corrected chi connectivity index (χ4v) is 3.24. The van der Waals surface area contributed by atoms with E-state index >= 15 is 0 Å². The van der Waals surface area contributed by atoms with Crippen LogP contribution in [0.5, 0.6) is 0 Å². The molecule has 0 heterocycles. The first kappa shape index (κ1) is 14.7. The first-order chi connectivity index (χ1) is 8.17. The molecule has 1 fully saturated rings. The molecule has 3 heteroatoms. The van der Waals surface area contributed by atoms with E-state index in [-0.39, 0.29) is 5.54 Å². The quantitative estimate of drug-likeness (QED) is 0.310. The van der Waals surface area contributed by atoms with Gasteiger partial charge in [-0.3, -0.25) is 11.3 Å². The second-order valence-corrected chi connectivity index (χ2v) is 5.50. The van der Waals surface area contributed by atoms with Crippen LogP contribution in [-0.2, 0) is 0 Å². The van der Waals surface area contributed by atoms with Crippen molar-refractivity contribution in [3.8, 4) is 0 Å². The fraction of sp³-hybridized carbons (Fsp3) is 0.857. The monoisotopic (exact) mass is 239 g/mol. The molecule has 0 aromatic carbocycles. The summed E-state index contributed by atoms with van der Waals surface area (Å²) in [6, 6.07) is 0.401. The molecule has 0 bridgehead atoms. The Morgan fingerprint density at radius 2 is 2.00 bits per heavy atom. The lowest BCUT2D eigenvalue weighted by atomic mass is 9.74. The molecule has 0 saturated heterocycles. The van der Waals surface area contributed by atoms with Crippen LogP contribution in [0.1, 0.15) is 51.4 Å². The molecule has 3 N–H and O–H groups in total.